The zero-order valence-electron chi connectivity index (χ0n) is 10.1. The van der Waals surface area contributed by atoms with Crippen LogP contribution in [0.5, 0.6) is 0 Å². The maximum absolute atomic E-state index is 12.3. The summed E-state index contributed by atoms with van der Waals surface area (Å²) in [6.45, 7) is 1.19. The van der Waals surface area contributed by atoms with Crippen molar-refractivity contribution in [1.29, 1.82) is 0 Å². The summed E-state index contributed by atoms with van der Waals surface area (Å²) in [5.41, 5.74) is 2.42. The Balaban J connectivity index is 1.83. The number of carbonyl (C=O) groups excluding carboxylic acids is 1. The van der Waals surface area contributed by atoms with Crippen molar-refractivity contribution in [3.63, 3.8) is 0 Å². The summed E-state index contributed by atoms with van der Waals surface area (Å²) in [6.07, 6.45) is 5.38. The largest absolute Gasteiger partial charge is 0.332 e. The van der Waals surface area contributed by atoms with Crippen molar-refractivity contribution < 1.29 is 4.79 Å². The molecular weight excluding hydrogens is 264 g/mol. The fraction of sp³-hybridized carbons (Fsp3) is 0.231. The van der Waals surface area contributed by atoms with E-state index in [1.807, 2.05) is 12.1 Å². The number of rotatable bonds is 1. The van der Waals surface area contributed by atoms with Gasteiger partial charge in [-0.25, -0.2) is 4.98 Å². The molecule has 0 fully saturated rings. The molecule has 0 saturated carbocycles. The summed E-state index contributed by atoms with van der Waals surface area (Å²) < 4.78 is 0. The highest BCUT2D eigenvalue weighted by Gasteiger charge is 2.23. The summed E-state index contributed by atoms with van der Waals surface area (Å²) in [5, 5.41) is 0.227. The lowest BCUT2D eigenvalue weighted by molar-refractivity contribution is 0.0727. The third-order valence-electron chi connectivity index (χ3n) is 3.08. The molecule has 5 nitrogen and oxygen atoms in total. The van der Waals surface area contributed by atoms with Crippen molar-refractivity contribution in [2.75, 3.05) is 6.54 Å². The number of fused-ring (bicyclic) bond motifs is 1. The van der Waals surface area contributed by atoms with Gasteiger partial charge in [0.1, 0.15) is 10.8 Å². The molecule has 96 valence electrons. The molecule has 1 amide bonds. The lowest BCUT2D eigenvalue weighted by Gasteiger charge is -2.27. The van der Waals surface area contributed by atoms with Gasteiger partial charge in [0.05, 0.1) is 12.4 Å². The highest BCUT2D eigenvalue weighted by molar-refractivity contribution is 6.29. The minimum atomic E-state index is -0.149. The zero-order valence-corrected chi connectivity index (χ0v) is 10.8. The number of hydrogen-bond acceptors (Lipinski definition) is 4. The van der Waals surface area contributed by atoms with Gasteiger partial charge in [0.25, 0.3) is 5.91 Å². The van der Waals surface area contributed by atoms with Crippen LogP contribution in [0.4, 0.5) is 0 Å². The number of amides is 1. The number of pyridine rings is 1. The summed E-state index contributed by atoms with van der Waals surface area (Å²) in [7, 11) is 0. The van der Waals surface area contributed by atoms with Crippen LogP contribution in [0.2, 0.25) is 5.15 Å². The number of halogens is 1. The van der Waals surface area contributed by atoms with Gasteiger partial charge in [-0.15, -0.1) is 0 Å². The summed E-state index contributed by atoms with van der Waals surface area (Å²) in [6, 6.07) is 3.87. The van der Waals surface area contributed by atoms with E-state index >= 15 is 0 Å². The molecule has 0 unspecified atom stereocenters. The number of carbonyl (C=O) groups is 1. The van der Waals surface area contributed by atoms with E-state index in [-0.39, 0.29) is 16.8 Å². The third-order valence-corrected chi connectivity index (χ3v) is 3.26. The van der Waals surface area contributed by atoms with E-state index < -0.39 is 0 Å². The van der Waals surface area contributed by atoms with Gasteiger partial charge in [0, 0.05) is 31.4 Å². The second kappa shape index (κ2) is 4.93. The fourth-order valence-electron chi connectivity index (χ4n) is 2.15. The monoisotopic (exact) mass is 274 g/mol. The van der Waals surface area contributed by atoms with E-state index in [1.165, 1.54) is 12.4 Å². The zero-order chi connectivity index (χ0) is 13.2. The van der Waals surface area contributed by atoms with Crippen LogP contribution < -0.4 is 0 Å². The van der Waals surface area contributed by atoms with Crippen molar-refractivity contribution in [3.8, 4) is 0 Å². The summed E-state index contributed by atoms with van der Waals surface area (Å²) in [4.78, 5) is 26.2. The molecular formula is C13H11ClN4O. The molecule has 0 N–H and O–H groups in total. The normalized spacial score (nSPS) is 14.1. The Bertz CT molecular complexity index is 632. The quantitative estimate of drug-likeness (QED) is 0.794. The highest BCUT2D eigenvalue weighted by Crippen LogP contribution is 2.18. The predicted molar refractivity (Wildman–Crippen MR) is 69.7 cm³/mol. The topological polar surface area (TPSA) is 59.0 Å². The maximum atomic E-state index is 12.3. The van der Waals surface area contributed by atoms with Gasteiger partial charge in [-0.05, 0) is 11.6 Å². The van der Waals surface area contributed by atoms with Crippen LogP contribution in [0.3, 0.4) is 0 Å². The molecule has 3 heterocycles. The molecule has 0 radical (unpaired) electrons. The lowest BCUT2D eigenvalue weighted by Crippen LogP contribution is -2.36. The van der Waals surface area contributed by atoms with Gasteiger partial charge in [-0.3, -0.25) is 14.8 Å². The third kappa shape index (κ3) is 2.42. The molecule has 19 heavy (non-hydrogen) atoms. The molecule has 0 saturated heterocycles. The van der Waals surface area contributed by atoms with E-state index in [2.05, 4.69) is 15.0 Å². The molecule has 0 bridgehead atoms. The molecule has 2 aromatic rings. The molecule has 1 aliphatic rings. The summed E-state index contributed by atoms with van der Waals surface area (Å²) >= 11 is 5.75. The molecule has 6 heteroatoms. The standard InChI is InChI=1S/C13H11ClN4O/c14-12-7-15-6-11(17-12)13(19)18-5-3-10-9(8-18)2-1-4-16-10/h1-2,4,6-7H,3,5,8H2. The minimum Gasteiger partial charge on any atom is -0.332 e. The molecule has 0 aliphatic carbocycles. The Hall–Kier alpha value is -2.01. The van der Waals surface area contributed by atoms with E-state index in [9.17, 15) is 4.79 Å². The van der Waals surface area contributed by atoms with E-state index in [0.717, 1.165) is 17.7 Å². The lowest BCUT2D eigenvalue weighted by atomic mass is 10.1. The first-order chi connectivity index (χ1) is 9.24. The van der Waals surface area contributed by atoms with E-state index in [4.69, 9.17) is 11.6 Å². The van der Waals surface area contributed by atoms with Gasteiger partial charge >= 0.3 is 0 Å². The second-order valence-corrected chi connectivity index (χ2v) is 4.70. The second-order valence-electron chi connectivity index (χ2n) is 4.31. The molecule has 3 rings (SSSR count). The van der Waals surface area contributed by atoms with Gasteiger partial charge in [0.15, 0.2) is 0 Å². The van der Waals surface area contributed by atoms with Crippen molar-refractivity contribution in [2.45, 2.75) is 13.0 Å². The van der Waals surface area contributed by atoms with Crippen LogP contribution in [-0.2, 0) is 13.0 Å². The number of hydrogen-bond donors (Lipinski definition) is 0. The van der Waals surface area contributed by atoms with Gasteiger partial charge in [-0.1, -0.05) is 17.7 Å². The molecule has 2 aromatic heterocycles. The van der Waals surface area contributed by atoms with Crippen LogP contribution in [0.1, 0.15) is 21.7 Å². The van der Waals surface area contributed by atoms with Crippen molar-refractivity contribution in [2.24, 2.45) is 0 Å². The number of aromatic nitrogens is 3. The molecule has 0 atom stereocenters. The smallest absolute Gasteiger partial charge is 0.274 e. The first-order valence-electron chi connectivity index (χ1n) is 5.93. The molecule has 0 spiro atoms. The van der Waals surface area contributed by atoms with Crippen LogP contribution in [0.25, 0.3) is 0 Å². The Labute approximate surface area is 115 Å². The minimum absolute atomic E-state index is 0.149. The van der Waals surface area contributed by atoms with Crippen molar-refractivity contribution >= 4 is 17.5 Å². The molecule has 0 aromatic carbocycles. The average Bonchev–Trinajstić information content (AvgIpc) is 2.46. The fourth-order valence-corrected chi connectivity index (χ4v) is 2.29. The Morgan fingerprint density at radius 1 is 1.37 bits per heavy atom. The van der Waals surface area contributed by atoms with Gasteiger partial charge < -0.3 is 4.90 Å². The first kappa shape index (κ1) is 12.0. The van der Waals surface area contributed by atoms with Crippen molar-refractivity contribution in [3.05, 3.63) is 52.8 Å². The average molecular weight is 275 g/mol. The van der Waals surface area contributed by atoms with Gasteiger partial charge in [0.2, 0.25) is 0 Å². The summed E-state index contributed by atoms with van der Waals surface area (Å²) in [5.74, 6) is -0.149. The van der Waals surface area contributed by atoms with Crippen LogP contribution >= 0.6 is 11.6 Å². The number of nitrogens with zero attached hydrogens (tertiary/aromatic N) is 4. The SMILES string of the molecule is O=C(c1cncc(Cl)n1)N1CCc2ncccc2C1. The van der Waals surface area contributed by atoms with Crippen LogP contribution in [0, 0.1) is 0 Å². The van der Waals surface area contributed by atoms with E-state index in [0.29, 0.717) is 13.1 Å². The first-order valence-corrected chi connectivity index (χ1v) is 6.31. The molecule has 1 aliphatic heterocycles. The van der Waals surface area contributed by atoms with Crippen LogP contribution in [0.15, 0.2) is 30.7 Å². The Kier molecular flexibility index (Phi) is 3.13. The van der Waals surface area contributed by atoms with Crippen LogP contribution in [-0.4, -0.2) is 32.3 Å². The van der Waals surface area contributed by atoms with E-state index in [1.54, 1.807) is 11.1 Å². The predicted octanol–water partition coefficient (Wildman–Crippen LogP) is 1.72. The highest BCUT2D eigenvalue weighted by atomic mass is 35.5. The van der Waals surface area contributed by atoms with Crippen molar-refractivity contribution in [1.82, 2.24) is 19.9 Å². The maximum Gasteiger partial charge on any atom is 0.274 e. The van der Waals surface area contributed by atoms with Gasteiger partial charge in [-0.2, -0.15) is 0 Å². The Morgan fingerprint density at radius 3 is 3.11 bits per heavy atom. The Morgan fingerprint density at radius 2 is 2.26 bits per heavy atom.